The molecule has 0 bridgehead atoms. The van der Waals surface area contributed by atoms with E-state index in [-0.39, 0.29) is 24.0 Å². The Labute approximate surface area is 200 Å². The first-order valence-corrected chi connectivity index (χ1v) is 11.3. The predicted octanol–water partition coefficient (Wildman–Crippen LogP) is 3.08. The molecular formula is C20H34IN7OS. The van der Waals surface area contributed by atoms with Gasteiger partial charge in [-0.3, -0.25) is 0 Å². The average Bonchev–Trinajstić information content (AvgIpc) is 3.27. The Hall–Kier alpha value is -1.27. The number of ether oxygens (including phenoxy) is 1. The number of thiazole rings is 1. The maximum atomic E-state index is 5.44. The molecule has 0 unspecified atom stereocenters. The Bertz CT molecular complexity index is 797. The summed E-state index contributed by atoms with van der Waals surface area (Å²) < 4.78 is 7.42. The van der Waals surface area contributed by atoms with E-state index in [0.29, 0.717) is 6.54 Å². The van der Waals surface area contributed by atoms with E-state index in [1.807, 2.05) is 36.8 Å². The summed E-state index contributed by atoms with van der Waals surface area (Å²) in [6, 6.07) is 0. The number of guanidine groups is 1. The van der Waals surface area contributed by atoms with Crippen molar-refractivity contribution < 1.29 is 4.74 Å². The number of hydrogen-bond donors (Lipinski definition) is 1. The third kappa shape index (κ3) is 6.88. The monoisotopic (exact) mass is 547 g/mol. The lowest BCUT2D eigenvalue weighted by atomic mass is 10.0. The van der Waals surface area contributed by atoms with Gasteiger partial charge in [-0.25, -0.2) is 9.98 Å². The highest BCUT2D eigenvalue weighted by Crippen LogP contribution is 2.27. The summed E-state index contributed by atoms with van der Waals surface area (Å²) in [5.41, 5.74) is 1.31. The first-order valence-electron chi connectivity index (χ1n) is 10.5. The summed E-state index contributed by atoms with van der Waals surface area (Å²) in [5.74, 6) is 2.60. The zero-order valence-corrected chi connectivity index (χ0v) is 21.6. The summed E-state index contributed by atoms with van der Waals surface area (Å²) in [7, 11) is 4.04. The van der Waals surface area contributed by atoms with Crippen molar-refractivity contribution in [1.29, 1.82) is 0 Å². The number of aliphatic imine (C=N–C) groups is 1. The third-order valence-electron chi connectivity index (χ3n) is 5.13. The molecule has 1 aliphatic carbocycles. The second-order valence-corrected chi connectivity index (χ2v) is 8.55. The van der Waals surface area contributed by atoms with Gasteiger partial charge in [0, 0.05) is 38.7 Å². The molecule has 0 aromatic carbocycles. The van der Waals surface area contributed by atoms with Crippen LogP contribution >= 0.6 is 35.3 Å². The number of hydrogen-bond acceptors (Lipinski definition) is 6. The number of aryl methyl sites for hydroxylation is 3. The minimum absolute atomic E-state index is 0. The van der Waals surface area contributed by atoms with E-state index >= 15 is 0 Å². The van der Waals surface area contributed by atoms with Crippen LogP contribution in [0.5, 0.6) is 0 Å². The summed E-state index contributed by atoms with van der Waals surface area (Å²) in [6.07, 6.45) is 5.79. The van der Waals surface area contributed by atoms with Crippen molar-refractivity contribution in [2.75, 3.05) is 26.8 Å². The van der Waals surface area contributed by atoms with E-state index in [4.69, 9.17) is 14.7 Å². The Morgan fingerprint density at radius 2 is 2.10 bits per heavy atom. The number of halogens is 1. The second kappa shape index (κ2) is 12.6. The van der Waals surface area contributed by atoms with E-state index in [2.05, 4.69) is 27.5 Å². The van der Waals surface area contributed by atoms with Crippen molar-refractivity contribution in [3.63, 3.8) is 0 Å². The smallest absolute Gasteiger partial charge is 0.194 e. The zero-order chi connectivity index (χ0) is 20.6. The van der Waals surface area contributed by atoms with Crippen LogP contribution < -0.4 is 5.32 Å². The highest BCUT2D eigenvalue weighted by molar-refractivity contribution is 14.0. The largest absolute Gasteiger partial charge is 0.382 e. The molecule has 2 aromatic rings. The fourth-order valence-corrected chi connectivity index (χ4v) is 4.53. The minimum atomic E-state index is 0. The van der Waals surface area contributed by atoms with Gasteiger partial charge in [0.1, 0.15) is 17.4 Å². The fraction of sp³-hybridized carbons (Fsp3) is 0.700. The average molecular weight is 548 g/mol. The van der Waals surface area contributed by atoms with E-state index in [1.165, 1.54) is 29.8 Å². The molecular weight excluding hydrogens is 513 g/mol. The normalized spacial score (nSPS) is 13.7. The number of nitrogens with zero attached hydrogens (tertiary/aromatic N) is 6. The molecule has 8 nitrogen and oxygen atoms in total. The molecule has 0 saturated heterocycles. The molecule has 0 amide bonds. The zero-order valence-electron chi connectivity index (χ0n) is 18.5. The van der Waals surface area contributed by atoms with Crippen LogP contribution in [0.1, 0.15) is 53.4 Å². The lowest BCUT2D eigenvalue weighted by Crippen LogP contribution is -2.39. The maximum Gasteiger partial charge on any atom is 0.194 e. The quantitative estimate of drug-likeness (QED) is 0.225. The molecule has 0 fully saturated rings. The highest BCUT2D eigenvalue weighted by atomic mass is 127. The number of nitrogens with one attached hydrogen (secondary N) is 1. The van der Waals surface area contributed by atoms with E-state index in [9.17, 15) is 0 Å². The van der Waals surface area contributed by atoms with Crippen molar-refractivity contribution in [2.24, 2.45) is 12.0 Å². The predicted molar refractivity (Wildman–Crippen MR) is 132 cm³/mol. The summed E-state index contributed by atoms with van der Waals surface area (Å²) in [6.45, 7) is 7.53. The van der Waals surface area contributed by atoms with Crippen molar-refractivity contribution in [1.82, 2.24) is 30.0 Å². The van der Waals surface area contributed by atoms with Crippen LogP contribution in [0.15, 0.2) is 4.99 Å². The van der Waals surface area contributed by atoms with Gasteiger partial charge in [0.05, 0.1) is 12.2 Å². The SMILES string of the molecule is CCOCCCNC(=NCc1nnc(C)n1C)N(C)Cc1nc2c(s1)CCCC2.I. The van der Waals surface area contributed by atoms with Gasteiger partial charge in [0.25, 0.3) is 0 Å². The second-order valence-electron chi connectivity index (χ2n) is 7.38. The highest BCUT2D eigenvalue weighted by Gasteiger charge is 2.17. The Morgan fingerprint density at radius 1 is 1.30 bits per heavy atom. The van der Waals surface area contributed by atoms with Crippen LogP contribution in [-0.4, -0.2) is 57.4 Å². The maximum absolute atomic E-state index is 5.44. The first kappa shape index (κ1) is 25.0. The topological polar surface area (TPSA) is 80.5 Å². The van der Waals surface area contributed by atoms with Crippen LogP contribution in [-0.2, 0) is 37.7 Å². The van der Waals surface area contributed by atoms with Crippen molar-refractivity contribution in [2.45, 2.75) is 59.0 Å². The first-order chi connectivity index (χ1) is 14.1. The van der Waals surface area contributed by atoms with Gasteiger partial charge < -0.3 is 19.5 Å². The van der Waals surface area contributed by atoms with Gasteiger partial charge in [-0.05, 0) is 46.0 Å². The van der Waals surface area contributed by atoms with Gasteiger partial charge >= 0.3 is 0 Å². The van der Waals surface area contributed by atoms with Gasteiger partial charge in [0.2, 0.25) is 0 Å². The number of aromatic nitrogens is 4. The third-order valence-corrected chi connectivity index (χ3v) is 6.27. The standard InChI is InChI=1S/C20H33N7OS.HI/c1-5-28-12-8-11-21-20(22-13-18-25-24-15(2)27(18)4)26(3)14-19-23-16-9-6-7-10-17(16)29-19;/h5-14H2,1-4H3,(H,21,22);1H. The molecule has 0 radical (unpaired) electrons. The summed E-state index contributed by atoms with van der Waals surface area (Å²) >= 11 is 1.85. The number of fused-ring (bicyclic) bond motifs is 1. The molecule has 10 heteroatoms. The molecule has 0 atom stereocenters. The van der Waals surface area contributed by atoms with E-state index in [0.717, 1.165) is 61.8 Å². The Morgan fingerprint density at radius 3 is 2.80 bits per heavy atom. The molecule has 168 valence electrons. The van der Waals surface area contributed by atoms with Crippen LogP contribution in [0.25, 0.3) is 0 Å². The van der Waals surface area contributed by atoms with Crippen molar-refractivity contribution in [3.05, 3.63) is 27.2 Å². The molecule has 1 N–H and O–H groups in total. The fourth-order valence-electron chi connectivity index (χ4n) is 3.32. The molecule has 2 aromatic heterocycles. The lowest BCUT2D eigenvalue weighted by Gasteiger charge is -2.21. The van der Waals surface area contributed by atoms with Crippen LogP contribution in [0, 0.1) is 6.92 Å². The number of rotatable bonds is 9. The molecule has 30 heavy (non-hydrogen) atoms. The molecule has 0 saturated carbocycles. The Balaban J connectivity index is 0.00000320. The van der Waals surface area contributed by atoms with Gasteiger partial charge in [0.15, 0.2) is 11.8 Å². The molecule has 3 rings (SSSR count). The van der Waals surface area contributed by atoms with Crippen LogP contribution in [0.2, 0.25) is 0 Å². The van der Waals surface area contributed by atoms with Crippen molar-refractivity contribution >= 4 is 41.3 Å². The van der Waals surface area contributed by atoms with Gasteiger partial charge in [-0.1, -0.05) is 0 Å². The van der Waals surface area contributed by atoms with Gasteiger partial charge in [-0.15, -0.1) is 45.5 Å². The lowest BCUT2D eigenvalue weighted by molar-refractivity contribution is 0.145. The minimum Gasteiger partial charge on any atom is -0.382 e. The molecule has 2 heterocycles. The van der Waals surface area contributed by atoms with Crippen molar-refractivity contribution in [3.8, 4) is 0 Å². The van der Waals surface area contributed by atoms with Gasteiger partial charge in [-0.2, -0.15) is 0 Å². The molecule has 0 aliphatic heterocycles. The van der Waals surface area contributed by atoms with E-state index in [1.54, 1.807) is 0 Å². The summed E-state index contributed by atoms with van der Waals surface area (Å²) in [5, 5.41) is 13.0. The molecule has 0 spiro atoms. The summed E-state index contributed by atoms with van der Waals surface area (Å²) in [4.78, 5) is 13.3. The van der Waals surface area contributed by atoms with Crippen LogP contribution in [0.3, 0.4) is 0 Å². The van der Waals surface area contributed by atoms with Crippen LogP contribution in [0.4, 0.5) is 0 Å². The Kier molecular flexibility index (Phi) is 10.5. The van der Waals surface area contributed by atoms with E-state index < -0.39 is 0 Å². The molecule has 1 aliphatic rings.